The quantitative estimate of drug-likeness (QED) is 0.150. The standard InChI is InChI=1S/C35H44O9/c1-5-29(36)41-21-34(4)26-16-19-35(22-42-35)27(33(26,3)18-17-28(34)44-30(37)6-2)14-13-24-25(20-40-32(24)39)43-31(38)15-12-23-10-8-7-9-11-23/h7-13,15,25-28H,5-6,14,16-22H2,1-4H3/t25-,26?,27?,28-,33+,34+,35+/m1/s1. The summed E-state index contributed by atoms with van der Waals surface area (Å²) in [5, 5.41) is 0. The van der Waals surface area contributed by atoms with Gasteiger partial charge in [-0.15, -0.1) is 0 Å². The molecular weight excluding hydrogens is 564 g/mol. The number of esters is 4. The van der Waals surface area contributed by atoms with E-state index < -0.39 is 23.5 Å². The Morgan fingerprint density at radius 3 is 2.41 bits per heavy atom. The molecule has 2 aliphatic carbocycles. The Kier molecular flexibility index (Phi) is 9.35. The van der Waals surface area contributed by atoms with Gasteiger partial charge >= 0.3 is 23.9 Å². The molecule has 1 aromatic carbocycles. The molecule has 2 unspecified atom stereocenters. The minimum Gasteiger partial charge on any atom is -0.465 e. The topological polar surface area (TPSA) is 118 Å². The highest BCUT2D eigenvalue weighted by atomic mass is 16.6. The van der Waals surface area contributed by atoms with Crippen LogP contribution in [0, 0.1) is 22.7 Å². The number of allylic oxidation sites excluding steroid dienone is 1. The van der Waals surface area contributed by atoms with Gasteiger partial charge in [-0.3, -0.25) is 9.59 Å². The van der Waals surface area contributed by atoms with Crippen molar-refractivity contribution >= 4 is 30.0 Å². The summed E-state index contributed by atoms with van der Waals surface area (Å²) >= 11 is 0. The minimum absolute atomic E-state index is 0.0207. The van der Waals surface area contributed by atoms with Gasteiger partial charge in [-0.05, 0) is 61.0 Å². The molecule has 2 saturated carbocycles. The van der Waals surface area contributed by atoms with E-state index in [1.807, 2.05) is 36.4 Å². The summed E-state index contributed by atoms with van der Waals surface area (Å²) in [6.45, 7) is 8.68. The lowest BCUT2D eigenvalue weighted by Gasteiger charge is -2.61. The fourth-order valence-electron chi connectivity index (χ4n) is 7.97. The Hall–Kier alpha value is -3.46. The van der Waals surface area contributed by atoms with Crippen LogP contribution in [0.2, 0.25) is 0 Å². The molecule has 0 aromatic heterocycles. The molecule has 1 spiro atoms. The Balaban J connectivity index is 1.37. The van der Waals surface area contributed by atoms with Crippen LogP contribution in [0.15, 0.2) is 48.1 Å². The summed E-state index contributed by atoms with van der Waals surface area (Å²) in [6.07, 6.45) is 7.92. The highest BCUT2D eigenvalue weighted by molar-refractivity contribution is 5.93. The molecule has 0 radical (unpaired) electrons. The number of cyclic esters (lactones) is 1. The van der Waals surface area contributed by atoms with Crippen LogP contribution in [0.5, 0.6) is 0 Å². The van der Waals surface area contributed by atoms with Crippen LogP contribution in [0.1, 0.15) is 78.2 Å². The zero-order valence-corrected chi connectivity index (χ0v) is 26.2. The van der Waals surface area contributed by atoms with Crippen molar-refractivity contribution in [1.29, 1.82) is 0 Å². The van der Waals surface area contributed by atoms with Crippen molar-refractivity contribution in [2.75, 3.05) is 19.8 Å². The maximum absolute atomic E-state index is 12.8. The van der Waals surface area contributed by atoms with E-state index in [0.29, 0.717) is 25.0 Å². The average molecular weight is 609 g/mol. The molecule has 7 atom stereocenters. The number of carbonyl (C=O) groups excluding carboxylic acids is 4. The molecule has 0 N–H and O–H groups in total. The Labute approximate surface area is 259 Å². The third kappa shape index (κ3) is 6.34. The summed E-state index contributed by atoms with van der Waals surface area (Å²) in [5.74, 6) is -1.44. The first-order valence-corrected chi connectivity index (χ1v) is 15.8. The molecule has 0 amide bonds. The normalized spacial score (nSPS) is 35.3. The first-order valence-electron chi connectivity index (χ1n) is 15.8. The first kappa shape index (κ1) is 31.9. The largest absolute Gasteiger partial charge is 0.465 e. The molecular formula is C35H44O9. The van der Waals surface area contributed by atoms with Gasteiger partial charge in [0.15, 0.2) is 6.10 Å². The molecule has 9 nitrogen and oxygen atoms in total. The van der Waals surface area contributed by atoms with Crippen molar-refractivity contribution in [3.05, 3.63) is 53.6 Å². The Morgan fingerprint density at radius 1 is 1.00 bits per heavy atom. The number of epoxide rings is 1. The SMILES string of the molecule is CCC(=O)OC[C@@]1(C)C2CC[C@]3(CO3)C(CC=C3C(=O)OC[C@H]3OC(=O)C=Cc3ccccc3)[C@@]2(C)CC[C@H]1OC(=O)CC. The zero-order chi connectivity index (χ0) is 31.5. The van der Waals surface area contributed by atoms with E-state index in [4.69, 9.17) is 23.7 Å². The van der Waals surface area contributed by atoms with Gasteiger partial charge in [-0.1, -0.05) is 64.1 Å². The van der Waals surface area contributed by atoms with Crippen LogP contribution in [-0.4, -0.2) is 61.5 Å². The molecule has 5 rings (SSSR count). The monoisotopic (exact) mass is 608 g/mol. The maximum atomic E-state index is 12.8. The van der Waals surface area contributed by atoms with Crippen LogP contribution in [0.3, 0.4) is 0 Å². The van der Waals surface area contributed by atoms with Gasteiger partial charge in [-0.25, -0.2) is 9.59 Å². The number of rotatable bonds is 10. The summed E-state index contributed by atoms with van der Waals surface area (Å²) in [5.41, 5.74) is 0.0766. The molecule has 2 heterocycles. The minimum atomic E-state index is -0.790. The summed E-state index contributed by atoms with van der Waals surface area (Å²) in [4.78, 5) is 50.1. The lowest BCUT2D eigenvalue weighted by Crippen LogP contribution is -2.61. The first-order chi connectivity index (χ1) is 21.0. The van der Waals surface area contributed by atoms with E-state index in [9.17, 15) is 19.2 Å². The number of carbonyl (C=O) groups is 4. The van der Waals surface area contributed by atoms with Gasteiger partial charge in [-0.2, -0.15) is 0 Å². The number of fused-ring (bicyclic) bond motifs is 1. The van der Waals surface area contributed by atoms with E-state index >= 15 is 0 Å². The van der Waals surface area contributed by atoms with Crippen LogP contribution in [0.4, 0.5) is 0 Å². The summed E-state index contributed by atoms with van der Waals surface area (Å²) in [6, 6.07) is 9.42. The van der Waals surface area contributed by atoms with E-state index in [-0.39, 0.29) is 66.9 Å². The second-order valence-corrected chi connectivity index (χ2v) is 13.1. The smallest absolute Gasteiger partial charge is 0.337 e. The third-order valence-corrected chi connectivity index (χ3v) is 10.5. The van der Waals surface area contributed by atoms with Crippen LogP contribution in [-0.2, 0) is 42.9 Å². The molecule has 4 aliphatic rings. The molecule has 44 heavy (non-hydrogen) atoms. The predicted molar refractivity (Wildman–Crippen MR) is 161 cm³/mol. The Bertz CT molecular complexity index is 1310. The molecule has 2 aliphatic heterocycles. The summed E-state index contributed by atoms with van der Waals surface area (Å²) < 4.78 is 28.8. The highest BCUT2D eigenvalue weighted by Gasteiger charge is 2.67. The van der Waals surface area contributed by atoms with Crippen molar-refractivity contribution in [1.82, 2.24) is 0 Å². The van der Waals surface area contributed by atoms with E-state index in [0.717, 1.165) is 24.8 Å². The van der Waals surface area contributed by atoms with Crippen molar-refractivity contribution in [3.8, 4) is 0 Å². The highest BCUT2D eigenvalue weighted by Crippen LogP contribution is 2.66. The van der Waals surface area contributed by atoms with Crippen LogP contribution >= 0.6 is 0 Å². The van der Waals surface area contributed by atoms with E-state index in [1.165, 1.54) is 6.08 Å². The van der Waals surface area contributed by atoms with Gasteiger partial charge in [0.25, 0.3) is 0 Å². The van der Waals surface area contributed by atoms with Gasteiger partial charge in [0, 0.05) is 24.3 Å². The fourth-order valence-corrected chi connectivity index (χ4v) is 7.97. The predicted octanol–water partition coefficient (Wildman–Crippen LogP) is 5.36. The van der Waals surface area contributed by atoms with E-state index in [2.05, 4.69) is 13.8 Å². The maximum Gasteiger partial charge on any atom is 0.337 e. The number of benzene rings is 1. The third-order valence-electron chi connectivity index (χ3n) is 10.5. The number of ether oxygens (including phenoxy) is 5. The number of hydrogen-bond acceptors (Lipinski definition) is 9. The second-order valence-electron chi connectivity index (χ2n) is 13.1. The Morgan fingerprint density at radius 2 is 1.73 bits per heavy atom. The molecule has 4 fully saturated rings. The van der Waals surface area contributed by atoms with Gasteiger partial charge < -0.3 is 23.7 Å². The second kappa shape index (κ2) is 12.9. The molecule has 238 valence electrons. The lowest BCUT2D eigenvalue weighted by atomic mass is 9.45. The van der Waals surface area contributed by atoms with Crippen molar-refractivity contribution in [2.45, 2.75) is 90.4 Å². The van der Waals surface area contributed by atoms with Gasteiger partial charge in [0.1, 0.15) is 19.3 Å². The van der Waals surface area contributed by atoms with Gasteiger partial charge in [0.05, 0.1) is 17.8 Å². The number of hydrogen-bond donors (Lipinski definition) is 0. The fraction of sp³-hybridized carbons (Fsp3) is 0.600. The zero-order valence-electron chi connectivity index (χ0n) is 26.2. The summed E-state index contributed by atoms with van der Waals surface area (Å²) in [7, 11) is 0. The average Bonchev–Trinajstić information content (AvgIpc) is 3.71. The molecule has 2 saturated heterocycles. The van der Waals surface area contributed by atoms with Gasteiger partial charge in [0.2, 0.25) is 0 Å². The molecule has 9 heteroatoms. The van der Waals surface area contributed by atoms with Crippen LogP contribution in [0.25, 0.3) is 6.08 Å². The van der Waals surface area contributed by atoms with Crippen LogP contribution < -0.4 is 0 Å². The molecule has 1 aromatic rings. The molecule has 0 bridgehead atoms. The van der Waals surface area contributed by atoms with E-state index in [1.54, 1.807) is 19.9 Å². The lowest BCUT2D eigenvalue weighted by molar-refractivity contribution is -0.203. The van der Waals surface area contributed by atoms with Crippen molar-refractivity contribution in [2.24, 2.45) is 22.7 Å². The van der Waals surface area contributed by atoms with Crippen molar-refractivity contribution < 1.29 is 42.9 Å². The van der Waals surface area contributed by atoms with Crippen molar-refractivity contribution in [3.63, 3.8) is 0 Å².